The Bertz CT molecular complexity index is 1630. The maximum absolute atomic E-state index is 6.66. The van der Waals surface area contributed by atoms with Crippen LogP contribution in [-0.2, 0) is 12.5 Å². The summed E-state index contributed by atoms with van der Waals surface area (Å²) in [6.07, 6.45) is 2.17. The van der Waals surface area contributed by atoms with Crippen molar-refractivity contribution in [1.29, 1.82) is 0 Å². The Hall–Kier alpha value is -3.46. The molecule has 0 bridgehead atoms. The van der Waals surface area contributed by atoms with Crippen molar-refractivity contribution in [2.75, 3.05) is 0 Å². The molecule has 0 N–H and O–H groups in total. The van der Waals surface area contributed by atoms with Gasteiger partial charge in [0.05, 0.1) is 11.3 Å². The van der Waals surface area contributed by atoms with E-state index in [1.807, 2.05) is 0 Å². The van der Waals surface area contributed by atoms with E-state index in [2.05, 4.69) is 114 Å². The molecule has 0 aliphatic heterocycles. The molecule has 0 radical (unpaired) electrons. The Morgan fingerprint density at radius 1 is 0.857 bits per heavy atom. The fourth-order valence-electron chi connectivity index (χ4n) is 6.75. The van der Waals surface area contributed by atoms with E-state index >= 15 is 0 Å². The number of hydrogen-bond donors (Lipinski definition) is 0. The molecule has 3 heteroatoms. The van der Waals surface area contributed by atoms with Gasteiger partial charge in [0, 0.05) is 33.4 Å². The molecule has 3 nitrogen and oxygen atoms in total. The zero-order chi connectivity index (χ0) is 24.6. The van der Waals surface area contributed by atoms with Crippen LogP contribution in [0.1, 0.15) is 50.1 Å². The molecule has 0 unspecified atom stereocenters. The number of hydrogen-bond acceptors (Lipinski definition) is 2. The van der Waals surface area contributed by atoms with Crippen LogP contribution in [0.3, 0.4) is 0 Å². The van der Waals surface area contributed by atoms with Crippen molar-refractivity contribution in [3.05, 3.63) is 83.2 Å². The van der Waals surface area contributed by atoms with E-state index in [9.17, 15) is 0 Å². The fraction of sp³-hybridized carbons (Fsp3) is 0.312. The fourth-order valence-corrected chi connectivity index (χ4v) is 6.75. The zero-order valence-corrected chi connectivity index (χ0v) is 21.7. The third kappa shape index (κ3) is 2.84. The normalized spacial score (nSPS) is 14.3. The summed E-state index contributed by atoms with van der Waals surface area (Å²) >= 11 is 0. The van der Waals surface area contributed by atoms with Gasteiger partial charge >= 0.3 is 0 Å². The van der Waals surface area contributed by atoms with E-state index in [4.69, 9.17) is 9.40 Å². The molecule has 0 saturated heterocycles. The lowest BCUT2D eigenvalue weighted by Crippen LogP contribution is -2.38. The van der Waals surface area contributed by atoms with Gasteiger partial charge < -0.3 is 4.42 Å². The van der Waals surface area contributed by atoms with Gasteiger partial charge in [-0.2, -0.15) is 0 Å². The topological polar surface area (TPSA) is 29.9 Å². The van der Waals surface area contributed by atoms with Crippen molar-refractivity contribution < 1.29 is 8.98 Å². The second-order valence-corrected chi connectivity index (χ2v) is 10.9. The van der Waals surface area contributed by atoms with Crippen LogP contribution in [0.4, 0.5) is 0 Å². The largest absolute Gasteiger partial charge is 0.437 e. The SMILES string of the molecule is Cc1ccc(-c2c(C)ccc3c2oc2nc4c(cc23)-c2ccccc2C4(C(C)C)C(C)C)[n+](C)c1. The molecular weight excluding hydrogens is 428 g/mol. The Kier molecular flexibility index (Phi) is 4.73. The Balaban J connectivity index is 1.71. The third-order valence-electron chi connectivity index (χ3n) is 8.26. The number of furan rings is 1. The van der Waals surface area contributed by atoms with E-state index in [1.165, 1.54) is 27.8 Å². The maximum Gasteiger partial charge on any atom is 0.227 e. The molecular formula is C32H33N2O+. The standard InChI is InChI=1S/C32H33N2O/c1-18(2)32(19(3)4)26-11-9-8-10-22(26)24-16-25-23-14-13-21(6)28(27-15-12-20(5)17-34(27)7)29(23)35-31(25)33-30(24)32/h8-19H,1-7H3/q+1. The molecule has 3 heterocycles. The van der Waals surface area contributed by atoms with E-state index in [0.29, 0.717) is 11.8 Å². The molecule has 1 aliphatic carbocycles. The summed E-state index contributed by atoms with van der Waals surface area (Å²) in [7, 11) is 2.10. The highest BCUT2D eigenvalue weighted by molar-refractivity contribution is 6.10. The van der Waals surface area contributed by atoms with Crippen molar-refractivity contribution in [1.82, 2.24) is 4.98 Å². The van der Waals surface area contributed by atoms with Gasteiger partial charge in [-0.05, 0) is 54.5 Å². The van der Waals surface area contributed by atoms with Crippen LogP contribution in [0, 0.1) is 25.7 Å². The molecule has 0 spiro atoms. The lowest BCUT2D eigenvalue weighted by Gasteiger charge is -2.39. The van der Waals surface area contributed by atoms with Gasteiger partial charge in [0.2, 0.25) is 11.4 Å². The molecule has 0 amide bonds. The molecule has 3 aromatic heterocycles. The summed E-state index contributed by atoms with van der Waals surface area (Å²) in [4.78, 5) is 5.33. The average molecular weight is 462 g/mol. The summed E-state index contributed by atoms with van der Waals surface area (Å²) < 4.78 is 8.85. The highest BCUT2D eigenvalue weighted by atomic mass is 16.3. The summed E-state index contributed by atoms with van der Waals surface area (Å²) in [5, 5.41) is 2.22. The molecule has 0 atom stereocenters. The highest BCUT2D eigenvalue weighted by Crippen LogP contribution is 2.56. The van der Waals surface area contributed by atoms with Gasteiger partial charge in [-0.3, -0.25) is 0 Å². The van der Waals surface area contributed by atoms with Crippen LogP contribution in [0.15, 0.2) is 65.2 Å². The monoisotopic (exact) mass is 461 g/mol. The highest BCUT2D eigenvalue weighted by Gasteiger charge is 2.49. The van der Waals surface area contributed by atoms with Gasteiger partial charge in [0.25, 0.3) is 0 Å². The van der Waals surface area contributed by atoms with Crippen LogP contribution in [0.25, 0.3) is 44.5 Å². The van der Waals surface area contributed by atoms with E-state index in [0.717, 1.165) is 39.0 Å². The Labute approximate surface area is 207 Å². The van der Waals surface area contributed by atoms with Crippen molar-refractivity contribution in [3.8, 4) is 22.4 Å². The lowest BCUT2D eigenvalue weighted by atomic mass is 9.64. The lowest BCUT2D eigenvalue weighted by molar-refractivity contribution is -0.660. The Morgan fingerprint density at radius 2 is 1.60 bits per heavy atom. The molecule has 35 heavy (non-hydrogen) atoms. The first-order valence-corrected chi connectivity index (χ1v) is 12.7. The minimum Gasteiger partial charge on any atom is -0.437 e. The Morgan fingerprint density at radius 3 is 2.31 bits per heavy atom. The molecule has 1 aliphatic rings. The number of rotatable bonds is 3. The second-order valence-electron chi connectivity index (χ2n) is 10.9. The first kappa shape index (κ1) is 22.0. The average Bonchev–Trinajstić information content (AvgIpc) is 3.31. The molecule has 6 rings (SSSR count). The minimum absolute atomic E-state index is 0.138. The third-order valence-corrected chi connectivity index (χ3v) is 8.26. The number of pyridine rings is 2. The van der Waals surface area contributed by atoms with Crippen LogP contribution >= 0.6 is 0 Å². The first-order valence-electron chi connectivity index (χ1n) is 12.7. The van der Waals surface area contributed by atoms with Crippen LogP contribution < -0.4 is 4.57 Å². The number of nitrogens with zero attached hydrogens (tertiary/aromatic N) is 2. The minimum atomic E-state index is -0.138. The van der Waals surface area contributed by atoms with Gasteiger partial charge in [-0.1, -0.05) is 64.1 Å². The summed E-state index contributed by atoms with van der Waals surface area (Å²) in [6, 6.07) is 20.0. The number of benzene rings is 2. The van der Waals surface area contributed by atoms with Gasteiger partial charge in [-0.25, -0.2) is 9.55 Å². The van der Waals surface area contributed by atoms with Gasteiger partial charge in [-0.15, -0.1) is 0 Å². The van der Waals surface area contributed by atoms with E-state index in [-0.39, 0.29) is 5.41 Å². The molecule has 176 valence electrons. The molecule has 5 aromatic rings. The molecule has 2 aromatic carbocycles. The van der Waals surface area contributed by atoms with Gasteiger partial charge in [0.15, 0.2) is 11.8 Å². The van der Waals surface area contributed by atoms with Gasteiger partial charge in [0.1, 0.15) is 7.05 Å². The van der Waals surface area contributed by atoms with Crippen LogP contribution in [0.2, 0.25) is 0 Å². The van der Waals surface area contributed by atoms with Crippen molar-refractivity contribution in [3.63, 3.8) is 0 Å². The summed E-state index contributed by atoms with van der Waals surface area (Å²) in [5.41, 5.74) is 11.4. The smallest absolute Gasteiger partial charge is 0.227 e. The predicted octanol–water partition coefficient (Wildman–Crippen LogP) is 7.67. The molecule has 0 fully saturated rings. The van der Waals surface area contributed by atoms with Crippen molar-refractivity contribution in [2.45, 2.75) is 47.0 Å². The van der Waals surface area contributed by atoms with Crippen LogP contribution in [0.5, 0.6) is 0 Å². The quantitative estimate of drug-likeness (QED) is 0.258. The first-order chi connectivity index (χ1) is 16.7. The van der Waals surface area contributed by atoms with Crippen molar-refractivity contribution in [2.24, 2.45) is 18.9 Å². The number of aromatic nitrogens is 2. The predicted molar refractivity (Wildman–Crippen MR) is 143 cm³/mol. The zero-order valence-electron chi connectivity index (χ0n) is 21.7. The van der Waals surface area contributed by atoms with Crippen LogP contribution in [-0.4, -0.2) is 4.98 Å². The summed E-state index contributed by atoms with van der Waals surface area (Å²) in [6.45, 7) is 13.6. The van der Waals surface area contributed by atoms with E-state index in [1.54, 1.807) is 0 Å². The van der Waals surface area contributed by atoms with E-state index < -0.39 is 0 Å². The maximum atomic E-state index is 6.66. The second kappa shape index (κ2) is 7.52. The number of fused-ring (bicyclic) bond motifs is 6. The van der Waals surface area contributed by atoms with Crippen molar-refractivity contribution >= 4 is 22.1 Å². The summed E-state index contributed by atoms with van der Waals surface area (Å²) in [5.74, 6) is 0.812. The number of aryl methyl sites for hydroxylation is 3. The molecule has 0 saturated carbocycles.